The number of carbonyl (C=O) groups is 3. The van der Waals surface area contributed by atoms with E-state index in [0.717, 1.165) is 0 Å². The van der Waals surface area contributed by atoms with Crippen molar-refractivity contribution < 1.29 is 29.0 Å². The number of para-hydroxylation sites is 1. The van der Waals surface area contributed by atoms with Gasteiger partial charge in [-0.15, -0.1) is 11.8 Å². The number of hydrogen-bond donors (Lipinski definition) is 2. The molecule has 0 aliphatic carbocycles. The van der Waals surface area contributed by atoms with Crippen molar-refractivity contribution in [1.82, 2.24) is 10.2 Å². The third-order valence-corrected chi connectivity index (χ3v) is 6.96. The van der Waals surface area contributed by atoms with E-state index in [1.807, 2.05) is 13.0 Å². The van der Waals surface area contributed by atoms with Crippen molar-refractivity contribution in [2.45, 2.75) is 18.3 Å². The van der Waals surface area contributed by atoms with Crippen molar-refractivity contribution in [2.75, 3.05) is 24.7 Å². The summed E-state index contributed by atoms with van der Waals surface area (Å²) in [5, 5.41) is 11.8. The lowest BCUT2D eigenvalue weighted by Crippen LogP contribution is -2.70. The van der Waals surface area contributed by atoms with Crippen molar-refractivity contribution in [3.63, 3.8) is 0 Å². The molecule has 2 atom stereocenters. The number of ether oxygens (including phenoxy) is 2. The van der Waals surface area contributed by atoms with Gasteiger partial charge in [0.05, 0.1) is 6.61 Å². The number of fused-ring (bicyclic) bond motifs is 1. The van der Waals surface area contributed by atoms with Crippen LogP contribution in [-0.4, -0.2) is 68.3 Å². The van der Waals surface area contributed by atoms with E-state index in [4.69, 9.17) is 21.7 Å². The molecule has 0 aromatic heterocycles. The quantitative estimate of drug-likeness (QED) is 0.437. The molecule has 160 valence electrons. The summed E-state index contributed by atoms with van der Waals surface area (Å²) in [5.74, 6) is -0.779. The van der Waals surface area contributed by atoms with Crippen molar-refractivity contribution in [3.05, 3.63) is 41.6 Å². The number of β-lactam (4-membered cyclic amide) rings is 1. The number of thiocarbonyl (C=S) groups is 1. The van der Waals surface area contributed by atoms with Crippen LogP contribution in [0.25, 0.3) is 0 Å². The fraction of sp³-hybridized carbons (Fsp3) is 0.368. The van der Waals surface area contributed by atoms with Crippen LogP contribution in [0.3, 0.4) is 0 Å². The van der Waals surface area contributed by atoms with Gasteiger partial charge in [0, 0.05) is 11.5 Å². The van der Waals surface area contributed by atoms with E-state index in [9.17, 15) is 19.5 Å². The van der Waals surface area contributed by atoms with Crippen LogP contribution in [0.1, 0.15) is 6.92 Å². The molecule has 0 saturated carbocycles. The number of amides is 2. The number of thioether (sulfide) groups is 2. The molecule has 2 heterocycles. The predicted octanol–water partition coefficient (Wildman–Crippen LogP) is 1.86. The van der Waals surface area contributed by atoms with Crippen LogP contribution in [0, 0.1) is 0 Å². The maximum atomic E-state index is 12.6. The van der Waals surface area contributed by atoms with E-state index in [1.54, 1.807) is 24.3 Å². The van der Waals surface area contributed by atoms with Crippen LogP contribution in [0.2, 0.25) is 0 Å². The lowest BCUT2D eigenvalue weighted by molar-refractivity contribution is -0.150. The lowest BCUT2D eigenvalue weighted by atomic mass is 10.0. The molecule has 0 radical (unpaired) electrons. The Hall–Kier alpha value is -2.24. The average molecular weight is 469 g/mol. The number of carboxylic acids is 1. The van der Waals surface area contributed by atoms with Gasteiger partial charge in [0.25, 0.3) is 11.8 Å². The van der Waals surface area contributed by atoms with Gasteiger partial charge in [-0.3, -0.25) is 14.5 Å². The summed E-state index contributed by atoms with van der Waals surface area (Å²) in [5.41, 5.74) is 0.558. The molecular weight excluding hydrogens is 448 g/mol. The van der Waals surface area contributed by atoms with Crippen molar-refractivity contribution in [1.29, 1.82) is 0 Å². The summed E-state index contributed by atoms with van der Waals surface area (Å²) in [4.78, 5) is 37.8. The molecule has 30 heavy (non-hydrogen) atoms. The molecule has 1 fully saturated rings. The first-order valence-corrected chi connectivity index (χ1v) is 11.5. The maximum absolute atomic E-state index is 12.6. The summed E-state index contributed by atoms with van der Waals surface area (Å²) in [6.07, 6.45) is 0. The highest BCUT2D eigenvalue weighted by Crippen LogP contribution is 2.41. The van der Waals surface area contributed by atoms with Crippen LogP contribution >= 0.6 is 35.7 Å². The highest BCUT2D eigenvalue weighted by atomic mass is 32.2. The number of aliphatic carboxylic acids is 1. The molecule has 1 unspecified atom stereocenters. The SMILES string of the molecule is CCOC(=S)SCC1=C(C(=O)O)N2C(=O)C(NC(=O)COc3ccccc3)[C@H]2SC1. The van der Waals surface area contributed by atoms with Crippen molar-refractivity contribution in [3.8, 4) is 5.75 Å². The third-order valence-electron chi connectivity index (χ3n) is 4.31. The topological polar surface area (TPSA) is 105 Å². The number of nitrogens with zero attached hydrogens (tertiary/aromatic N) is 1. The number of rotatable bonds is 8. The summed E-state index contributed by atoms with van der Waals surface area (Å²) in [6.45, 7) is 2.02. The Bertz CT molecular complexity index is 876. The minimum atomic E-state index is -1.18. The highest BCUT2D eigenvalue weighted by molar-refractivity contribution is 8.22. The van der Waals surface area contributed by atoms with Crippen molar-refractivity contribution >= 4 is 57.9 Å². The van der Waals surface area contributed by atoms with Gasteiger partial charge in [0.2, 0.25) is 4.38 Å². The Morgan fingerprint density at radius 1 is 1.37 bits per heavy atom. The van der Waals surface area contributed by atoms with Crippen molar-refractivity contribution in [2.24, 2.45) is 0 Å². The number of carbonyl (C=O) groups excluding carboxylic acids is 2. The molecular formula is C19H20N2O6S3. The zero-order chi connectivity index (χ0) is 21.7. The van der Waals surface area contributed by atoms with Gasteiger partial charge in [-0.2, -0.15) is 0 Å². The predicted molar refractivity (Wildman–Crippen MR) is 118 cm³/mol. The molecule has 0 bridgehead atoms. The number of nitrogens with one attached hydrogen (secondary N) is 1. The molecule has 1 aromatic carbocycles. The van der Waals surface area contributed by atoms with Gasteiger partial charge in [0.15, 0.2) is 6.61 Å². The Morgan fingerprint density at radius 2 is 2.10 bits per heavy atom. The Balaban J connectivity index is 1.60. The van der Waals surface area contributed by atoms with Gasteiger partial charge < -0.3 is 19.9 Å². The molecule has 8 nitrogen and oxygen atoms in total. The minimum absolute atomic E-state index is 0.0402. The monoisotopic (exact) mass is 468 g/mol. The van der Waals surface area contributed by atoms with E-state index >= 15 is 0 Å². The fourth-order valence-electron chi connectivity index (χ4n) is 2.98. The van der Waals surface area contributed by atoms with Crippen LogP contribution in [-0.2, 0) is 19.1 Å². The first kappa shape index (κ1) is 22.4. The number of benzene rings is 1. The molecule has 3 rings (SSSR count). The van der Waals surface area contributed by atoms with E-state index in [0.29, 0.717) is 33.8 Å². The lowest BCUT2D eigenvalue weighted by Gasteiger charge is -2.49. The van der Waals surface area contributed by atoms with Crippen LogP contribution in [0.15, 0.2) is 41.6 Å². The van der Waals surface area contributed by atoms with Gasteiger partial charge in [0.1, 0.15) is 22.9 Å². The second kappa shape index (κ2) is 10.2. The van der Waals surface area contributed by atoms with E-state index in [2.05, 4.69) is 5.32 Å². The molecule has 11 heteroatoms. The maximum Gasteiger partial charge on any atom is 0.352 e. The average Bonchev–Trinajstić information content (AvgIpc) is 2.74. The van der Waals surface area contributed by atoms with Gasteiger partial charge in [-0.25, -0.2) is 4.79 Å². The Labute approximate surface area is 187 Å². The largest absolute Gasteiger partial charge is 0.484 e. The zero-order valence-corrected chi connectivity index (χ0v) is 18.5. The van der Waals surface area contributed by atoms with Crippen LogP contribution < -0.4 is 10.1 Å². The zero-order valence-electron chi connectivity index (χ0n) is 16.0. The minimum Gasteiger partial charge on any atom is -0.484 e. The molecule has 2 aliphatic rings. The number of carboxylic acid groups (broad SMARTS) is 1. The molecule has 0 spiro atoms. The molecule has 1 aromatic rings. The molecule has 2 amide bonds. The Kier molecular flexibility index (Phi) is 7.62. The first-order chi connectivity index (χ1) is 14.4. The highest BCUT2D eigenvalue weighted by Gasteiger charge is 2.54. The van der Waals surface area contributed by atoms with E-state index in [1.165, 1.54) is 28.4 Å². The van der Waals surface area contributed by atoms with Gasteiger partial charge in [-0.1, -0.05) is 30.0 Å². The standard InChI is InChI=1S/C19H20N2O6S3/c1-2-26-19(28)30-10-11-9-29-17-14(16(23)21(17)15(11)18(24)25)20-13(22)8-27-12-6-4-3-5-7-12/h3-7,14,17H,2,8-10H2,1H3,(H,20,22)(H,24,25)/t14?,17-/m1/s1. The van der Waals surface area contributed by atoms with E-state index < -0.39 is 29.2 Å². The van der Waals surface area contributed by atoms with Gasteiger partial charge >= 0.3 is 5.97 Å². The fourth-order valence-corrected chi connectivity index (χ4v) is 5.48. The summed E-state index contributed by atoms with van der Waals surface area (Å²) in [7, 11) is 0. The number of hydrogen-bond acceptors (Lipinski definition) is 8. The van der Waals surface area contributed by atoms with Crippen LogP contribution in [0.4, 0.5) is 0 Å². The second-order valence-electron chi connectivity index (χ2n) is 6.29. The third kappa shape index (κ3) is 5.08. The van der Waals surface area contributed by atoms with Gasteiger partial charge in [-0.05, 0) is 36.8 Å². The molecule has 1 saturated heterocycles. The normalized spacial score (nSPS) is 20.2. The summed E-state index contributed by atoms with van der Waals surface area (Å²) in [6, 6.07) is 8.07. The summed E-state index contributed by atoms with van der Waals surface area (Å²) < 4.78 is 10.9. The molecule has 2 N–H and O–H groups in total. The van der Waals surface area contributed by atoms with E-state index in [-0.39, 0.29) is 12.3 Å². The Morgan fingerprint density at radius 3 is 2.77 bits per heavy atom. The smallest absolute Gasteiger partial charge is 0.352 e. The molecule has 2 aliphatic heterocycles. The second-order valence-corrected chi connectivity index (χ2v) is 8.97. The van der Waals surface area contributed by atoms with Crippen LogP contribution in [0.5, 0.6) is 5.75 Å². The first-order valence-electron chi connectivity index (χ1n) is 9.09. The summed E-state index contributed by atoms with van der Waals surface area (Å²) >= 11 is 7.70.